The molecule has 11 aromatic rings. The molecule has 2 aromatic heterocycles. The van der Waals surface area contributed by atoms with E-state index in [9.17, 15) is 0 Å². The molecule has 0 unspecified atom stereocenters. The summed E-state index contributed by atoms with van der Waals surface area (Å²) in [5.41, 5.74) is 21.5. The zero-order valence-corrected chi connectivity index (χ0v) is 49.2. The monoisotopic (exact) mass is 1030 g/mol. The zero-order chi connectivity index (χ0) is 55.2. The molecule has 0 spiro atoms. The van der Waals surface area contributed by atoms with Crippen molar-refractivity contribution in [2.45, 2.75) is 158 Å². The highest BCUT2D eigenvalue weighted by Crippen LogP contribution is 2.49. The molecule has 2 heterocycles. The third-order valence-corrected chi connectivity index (χ3v) is 16.8. The van der Waals surface area contributed by atoms with Gasteiger partial charge in [0.2, 0.25) is 0 Å². The molecule has 398 valence electrons. The van der Waals surface area contributed by atoms with E-state index in [2.05, 4.69) is 266 Å². The maximum absolute atomic E-state index is 6.88. The standard InChI is InChI=1S/C74H80N2O2/c1-41(2)49-19-25-65(59(33-49)45(9)10)75(66-26-20-50(42(3)4)34-60(66)46(11)12)57-23-17-53-37-63-71(39-55(53)31-57)77-69-29-30-70-74(73(63)69)64-38-54-18-24-58(32-56(54)40-72(64)78-70)76(67-27-21-51(43(5)6)35-61(67)47(13)14)68-28-22-52(44(7)8)36-62(68)48(15)16/h17-48H,1-16H3. The number of fused-ring (bicyclic) bond motifs is 9. The summed E-state index contributed by atoms with van der Waals surface area (Å²) in [7, 11) is 0. The van der Waals surface area contributed by atoms with Crippen LogP contribution in [0.2, 0.25) is 0 Å². The molecule has 0 aliphatic rings. The van der Waals surface area contributed by atoms with Crippen LogP contribution in [0.1, 0.15) is 203 Å². The van der Waals surface area contributed by atoms with Crippen molar-refractivity contribution in [3.63, 3.8) is 0 Å². The molecule has 78 heavy (non-hydrogen) atoms. The van der Waals surface area contributed by atoms with Crippen LogP contribution in [-0.2, 0) is 0 Å². The van der Waals surface area contributed by atoms with Crippen LogP contribution in [0.4, 0.5) is 34.1 Å². The number of anilines is 6. The van der Waals surface area contributed by atoms with E-state index in [0.717, 1.165) is 66.0 Å². The SMILES string of the molecule is CC(C)c1ccc(N(c2ccc3cc4c(cc3c2)oc2ccc3oc5cc6cc(N(c7ccc(C(C)C)cc7C(C)C)c7ccc(C(C)C)cc7C(C)C)ccc6cc5c3c24)c2ccc(C(C)C)cc2C(C)C)c(C(C)C)c1. The molecule has 11 rings (SSSR count). The van der Waals surface area contributed by atoms with Crippen molar-refractivity contribution >= 4 is 99.5 Å². The smallest absolute Gasteiger partial charge is 0.136 e. The third kappa shape index (κ3) is 9.33. The van der Waals surface area contributed by atoms with E-state index in [1.807, 2.05) is 0 Å². The summed E-state index contributed by atoms with van der Waals surface area (Å²) in [6, 6.07) is 55.8. The summed E-state index contributed by atoms with van der Waals surface area (Å²) in [5.74, 6) is 3.08. The lowest BCUT2D eigenvalue weighted by Crippen LogP contribution is -2.16. The third-order valence-electron chi connectivity index (χ3n) is 16.8. The van der Waals surface area contributed by atoms with Crippen LogP contribution in [0.3, 0.4) is 0 Å². The normalized spacial score (nSPS) is 12.5. The minimum atomic E-state index is 0.332. The first-order valence-corrected chi connectivity index (χ1v) is 29.1. The molecular formula is C74H80N2O2. The van der Waals surface area contributed by atoms with Crippen LogP contribution >= 0.6 is 0 Å². The largest absolute Gasteiger partial charge is 0.456 e. The van der Waals surface area contributed by atoms with Crippen molar-refractivity contribution in [3.8, 4) is 0 Å². The van der Waals surface area contributed by atoms with Crippen LogP contribution in [0.25, 0.3) is 65.4 Å². The summed E-state index contributed by atoms with van der Waals surface area (Å²) in [6.07, 6.45) is 0. The first-order valence-electron chi connectivity index (χ1n) is 29.1. The fraction of sp³-hybridized carbons (Fsp3) is 0.324. The van der Waals surface area contributed by atoms with E-state index in [-0.39, 0.29) is 0 Å². The molecule has 0 saturated heterocycles. The van der Waals surface area contributed by atoms with Crippen LogP contribution < -0.4 is 9.80 Å². The van der Waals surface area contributed by atoms with Gasteiger partial charge in [0.25, 0.3) is 0 Å². The second-order valence-corrected chi connectivity index (χ2v) is 25.0. The molecule has 0 saturated carbocycles. The number of hydrogen-bond acceptors (Lipinski definition) is 4. The molecule has 0 atom stereocenters. The van der Waals surface area contributed by atoms with Crippen molar-refractivity contribution in [2.75, 3.05) is 9.80 Å². The maximum atomic E-state index is 6.88. The van der Waals surface area contributed by atoms with Gasteiger partial charge in [0.05, 0.1) is 0 Å². The van der Waals surface area contributed by atoms with Gasteiger partial charge in [0, 0.05) is 55.7 Å². The Morgan fingerprint density at radius 1 is 0.256 bits per heavy atom. The van der Waals surface area contributed by atoms with E-state index < -0.39 is 0 Å². The topological polar surface area (TPSA) is 32.8 Å². The lowest BCUT2D eigenvalue weighted by Gasteiger charge is -2.32. The van der Waals surface area contributed by atoms with E-state index in [1.54, 1.807) is 0 Å². The molecule has 0 N–H and O–H groups in total. The van der Waals surface area contributed by atoms with E-state index in [4.69, 9.17) is 8.83 Å². The van der Waals surface area contributed by atoms with Crippen molar-refractivity contribution in [2.24, 2.45) is 0 Å². The van der Waals surface area contributed by atoms with Crippen molar-refractivity contribution in [3.05, 3.63) is 190 Å². The van der Waals surface area contributed by atoms with Gasteiger partial charge in [-0.2, -0.15) is 0 Å². The highest BCUT2D eigenvalue weighted by Gasteiger charge is 2.27. The first kappa shape index (κ1) is 52.7. The quantitative estimate of drug-likeness (QED) is 0.109. The summed E-state index contributed by atoms with van der Waals surface area (Å²) in [6.45, 7) is 36.9. The van der Waals surface area contributed by atoms with Gasteiger partial charge in [-0.3, -0.25) is 0 Å². The fourth-order valence-corrected chi connectivity index (χ4v) is 12.1. The summed E-state index contributed by atoms with van der Waals surface area (Å²) >= 11 is 0. The fourth-order valence-electron chi connectivity index (χ4n) is 12.1. The number of rotatable bonds is 14. The van der Waals surface area contributed by atoms with E-state index in [1.165, 1.54) is 78.0 Å². The van der Waals surface area contributed by atoms with Gasteiger partial charge in [0.15, 0.2) is 0 Å². The molecule has 0 amide bonds. The number of hydrogen-bond donors (Lipinski definition) is 0. The number of furan rings is 2. The van der Waals surface area contributed by atoms with Crippen molar-refractivity contribution < 1.29 is 8.83 Å². The molecule has 0 aliphatic carbocycles. The van der Waals surface area contributed by atoms with Gasteiger partial charge in [0.1, 0.15) is 22.3 Å². The van der Waals surface area contributed by atoms with Gasteiger partial charge in [-0.1, -0.05) is 171 Å². The van der Waals surface area contributed by atoms with E-state index in [0.29, 0.717) is 47.3 Å². The van der Waals surface area contributed by atoms with Gasteiger partial charge in [-0.15, -0.1) is 0 Å². The van der Waals surface area contributed by atoms with Crippen LogP contribution in [-0.4, -0.2) is 0 Å². The average molecular weight is 1030 g/mol. The van der Waals surface area contributed by atoms with Gasteiger partial charge in [-0.25, -0.2) is 0 Å². The van der Waals surface area contributed by atoms with Crippen molar-refractivity contribution in [1.29, 1.82) is 0 Å². The Hall–Kier alpha value is -7.30. The number of nitrogens with zero attached hydrogens (tertiary/aromatic N) is 2. The minimum absolute atomic E-state index is 0.332. The Bertz CT molecular complexity index is 3690. The lowest BCUT2D eigenvalue weighted by molar-refractivity contribution is 0.663. The van der Waals surface area contributed by atoms with E-state index >= 15 is 0 Å². The summed E-state index contributed by atoms with van der Waals surface area (Å²) in [4.78, 5) is 5.04. The second-order valence-electron chi connectivity index (χ2n) is 25.0. The average Bonchev–Trinajstić information content (AvgIpc) is 4.20. The summed E-state index contributed by atoms with van der Waals surface area (Å²) < 4.78 is 13.8. The summed E-state index contributed by atoms with van der Waals surface area (Å²) in [5, 5.41) is 8.96. The highest BCUT2D eigenvalue weighted by atomic mass is 16.3. The Morgan fingerprint density at radius 2 is 0.551 bits per heavy atom. The molecule has 0 fully saturated rings. The van der Waals surface area contributed by atoms with Crippen molar-refractivity contribution in [1.82, 2.24) is 0 Å². The molecule has 4 nitrogen and oxygen atoms in total. The van der Waals surface area contributed by atoms with Gasteiger partial charge < -0.3 is 18.6 Å². The van der Waals surface area contributed by atoms with Crippen LogP contribution in [0, 0.1) is 0 Å². The molecule has 0 aliphatic heterocycles. The van der Waals surface area contributed by atoms with Crippen LogP contribution in [0.5, 0.6) is 0 Å². The predicted molar refractivity (Wildman–Crippen MR) is 338 cm³/mol. The number of benzene rings is 9. The Labute approximate surface area is 464 Å². The molecular weight excluding hydrogens is 949 g/mol. The first-order chi connectivity index (χ1) is 37.3. The molecule has 0 radical (unpaired) electrons. The Balaban J connectivity index is 1.06. The lowest BCUT2D eigenvalue weighted by atomic mass is 9.91. The minimum Gasteiger partial charge on any atom is -0.456 e. The molecule has 0 bridgehead atoms. The van der Waals surface area contributed by atoms with Gasteiger partial charge in [-0.05, 0) is 198 Å². The second kappa shape index (κ2) is 20.5. The Morgan fingerprint density at radius 3 is 0.821 bits per heavy atom. The Kier molecular flexibility index (Phi) is 13.9. The zero-order valence-electron chi connectivity index (χ0n) is 49.2. The highest BCUT2D eigenvalue weighted by molar-refractivity contribution is 6.28. The maximum Gasteiger partial charge on any atom is 0.136 e. The van der Waals surface area contributed by atoms with Crippen LogP contribution in [0.15, 0.2) is 154 Å². The predicted octanol–water partition coefficient (Wildman–Crippen LogP) is 23.7. The van der Waals surface area contributed by atoms with Gasteiger partial charge >= 0.3 is 0 Å². The molecule has 4 heteroatoms. The molecule has 9 aromatic carbocycles.